The standard InChI is InChI=1S/C11H22N2O3S3/c1-4-7-9(6-3)18(14)10-12-13-11(17-10)19(15,16)8-5-2/h9,11,13H,4-8H2,1-3H3. The fourth-order valence-electron chi connectivity index (χ4n) is 1.81. The fraction of sp³-hybridized carbons (Fsp3) is 0.909. The molecule has 0 amide bonds. The Morgan fingerprint density at radius 3 is 2.58 bits per heavy atom. The third-order valence-corrected chi connectivity index (χ3v) is 8.73. The molecule has 0 bridgehead atoms. The zero-order valence-electron chi connectivity index (χ0n) is 11.6. The lowest BCUT2D eigenvalue weighted by atomic mass is 10.2. The van der Waals surface area contributed by atoms with E-state index in [-0.39, 0.29) is 11.0 Å². The topological polar surface area (TPSA) is 75.6 Å². The molecule has 5 nitrogen and oxygen atoms in total. The third-order valence-electron chi connectivity index (χ3n) is 2.82. The number of thioether (sulfide) groups is 1. The molecule has 0 aromatic rings. The molecule has 1 aliphatic heterocycles. The Balaban J connectivity index is 2.67. The summed E-state index contributed by atoms with van der Waals surface area (Å²) in [4.78, 5) is 0. The number of nitrogens with one attached hydrogen (secondary N) is 1. The van der Waals surface area contributed by atoms with Gasteiger partial charge in [0.1, 0.15) is 0 Å². The van der Waals surface area contributed by atoms with E-state index in [1.165, 1.54) is 0 Å². The normalized spacial score (nSPS) is 22.7. The summed E-state index contributed by atoms with van der Waals surface area (Å²) in [6.07, 6.45) is 3.22. The van der Waals surface area contributed by atoms with Crippen LogP contribution in [0, 0.1) is 0 Å². The number of hydrogen-bond donors (Lipinski definition) is 1. The predicted octanol–water partition coefficient (Wildman–Crippen LogP) is 2.03. The van der Waals surface area contributed by atoms with Crippen LogP contribution in [0.4, 0.5) is 0 Å². The Kier molecular flexibility index (Phi) is 6.82. The summed E-state index contributed by atoms with van der Waals surface area (Å²) >= 11 is 1.09. The van der Waals surface area contributed by atoms with Gasteiger partial charge in [-0.2, -0.15) is 5.10 Å². The Morgan fingerprint density at radius 1 is 1.37 bits per heavy atom. The zero-order chi connectivity index (χ0) is 14.5. The van der Waals surface area contributed by atoms with Crippen LogP contribution in [0.15, 0.2) is 5.10 Å². The molecule has 0 saturated carbocycles. The molecule has 0 aliphatic carbocycles. The molecule has 3 unspecified atom stereocenters. The van der Waals surface area contributed by atoms with Crippen molar-refractivity contribution in [3.05, 3.63) is 0 Å². The van der Waals surface area contributed by atoms with Gasteiger partial charge in [-0.3, -0.25) is 9.63 Å². The minimum atomic E-state index is -3.22. The minimum absolute atomic E-state index is 0.0608. The quantitative estimate of drug-likeness (QED) is 0.775. The molecular weight excluding hydrogens is 304 g/mol. The molecule has 1 aliphatic rings. The monoisotopic (exact) mass is 326 g/mol. The Morgan fingerprint density at radius 2 is 2.05 bits per heavy atom. The minimum Gasteiger partial charge on any atom is -0.280 e. The van der Waals surface area contributed by atoms with Gasteiger partial charge in [-0.15, -0.1) is 0 Å². The van der Waals surface area contributed by atoms with Gasteiger partial charge in [-0.1, -0.05) is 39.0 Å². The molecule has 112 valence electrons. The van der Waals surface area contributed by atoms with Gasteiger partial charge in [0.25, 0.3) is 0 Å². The van der Waals surface area contributed by atoms with E-state index in [4.69, 9.17) is 0 Å². The van der Waals surface area contributed by atoms with E-state index in [0.717, 1.165) is 31.0 Å². The smallest absolute Gasteiger partial charge is 0.197 e. The van der Waals surface area contributed by atoms with Crippen molar-refractivity contribution >= 4 is 36.8 Å². The largest absolute Gasteiger partial charge is 0.280 e. The third kappa shape index (κ3) is 4.46. The van der Waals surface area contributed by atoms with Crippen LogP contribution in [0.25, 0.3) is 0 Å². The maximum atomic E-state index is 12.3. The first-order valence-corrected chi connectivity index (χ1v) is 10.4. The van der Waals surface area contributed by atoms with E-state index in [1.54, 1.807) is 0 Å². The van der Waals surface area contributed by atoms with E-state index in [1.807, 2.05) is 13.8 Å². The molecule has 0 aromatic carbocycles. The first kappa shape index (κ1) is 17.0. The van der Waals surface area contributed by atoms with Gasteiger partial charge in [-0.05, 0) is 19.3 Å². The maximum absolute atomic E-state index is 12.3. The highest BCUT2D eigenvalue weighted by atomic mass is 32.3. The van der Waals surface area contributed by atoms with Crippen molar-refractivity contribution in [3.63, 3.8) is 0 Å². The summed E-state index contributed by atoms with van der Waals surface area (Å²) < 4.78 is 35.8. The lowest BCUT2D eigenvalue weighted by molar-refractivity contribution is 0.584. The van der Waals surface area contributed by atoms with Crippen LogP contribution in [0.1, 0.15) is 46.5 Å². The molecule has 1 N–H and O–H groups in total. The highest BCUT2D eigenvalue weighted by Gasteiger charge is 2.34. The van der Waals surface area contributed by atoms with Crippen molar-refractivity contribution in [3.8, 4) is 0 Å². The average Bonchev–Trinajstić information content (AvgIpc) is 2.85. The first-order valence-electron chi connectivity index (χ1n) is 6.58. The average molecular weight is 327 g/mol. The van der Waals surface area contributed by atoms with Crippen LogP contribution in [0.3, 0.4) is 0 Å². The second kappa shape index (κ2) is 7.64. The summed E-state index contributed by atoms with van der Waals surface area (Å²) in [6, 6.07) is 0. The number of sulfone groups is 1. The van der Waals surface area contributed by atoms with Crippen LogP contribution in [-0.4, -0.2) is 32.7 Å². The van der Waals surface area contributed by atoms with Gasteiger partial charge in [-0.25, -0.2) is 8.42 Å². The number of hydrazone groups is 1. The van der Waals surface area contributed by atoms with Gasteiger partial charge in [0.2, 0.25) is 0 Å². The van der Waals surface area contributed by atoms with Crippen LogP contribution in [-0.2, 0) is 20.6 Å². The van der Waals surface area contributed by atoms with E-state index in [0.29, 0.717) is 10.8 Å². The molecule has 0 fully saturated rings. The molecule has 1 heterocycles. The summed E-state index contributed by atoms with van der Waals surface area (Å²) in [5.41, 5.74) is 2.60. The van der Waals surface area contributed by atoms with Crippen molar-refractivity contribution in [2.45, 2.75) is 56.4 Å². The zero-order valence-corrected chi connectivity index (χ0v) is 14.0. The van der Waals surface area contributed by atoms with Crippen molar-refractivity contribution in [1.29, 1.82) is 0 Å². The predicted molar refractivity (Wildman–Crippen MR) is 83.2 cm³/mol. The molecule has 0 spiro atoms. The Labute approximate surface area is 122 Å². The van der Waals surface area contributed by atoms with Crippen LogP contribution < -0.4 is 5.43 Å². The lowest BCUT2D eigenvalue weighted by Crippen LogP contribution is -2.29. The van der Waals surface area contributed by atoms with Crippen molar-refractivity contribution in [2.75, 3.05) is 5.75 Å². The van der Waals surface area contributed by atoms with Gasteiger partial charge in [0.15, 0.2) is 18.9 Å². The summed E-state index contributed by atoms with van der Waals surface area (Å²) in [6.45, 7) is 5.87. The molecule has 0 radical (unpaired) electrons. The second-order valence-electron chi connectivity index (χ2n) is 4.44. The molecule has 8 heteroatoms. The van der Waals surface area contributed by atoms with Crippen molar-refractivity contribution in [2.24, 2.45) is 5.10 Å². The van der Waals surface area contributed by atoms with Crippen LogP contribution in [0.5, 0.6) is 0 Å². The Bertz CT molecular complexity index is 448. The lowest BCUT2D eigenvalue weighted by Gasteiger charge is -2.13. The molecule has 1 rings (SSSR count). The van der Waals surface area contributed by atoms with E-state index >= 15 is 0 Å². The second-order valence-corrected chi connectivity index (χ2v) is 9.94. The first-order chi connectivity index (χ1) is 8.96. The van der Waals surface area contributed by atoms with Gasteiger partial charge >= 0.3 is 0 Å². The van der Waals surface area contributed by atoms with Crippen molar-refractivity contribution in [1.82, 2.24) is 5.43 Å². The van der Waals surface area contributed by atoms with Crippen LogP contribution >= 0.6 is 11.8 Å². The molecular formula is C11H22N2O3S3. The van der Waals surface area contributed by atoms with E-state index in [2.05, 4.69) is 17.5 Å². The maximum Gasteiger partial charge on any atom is 0.197 e. The Hall–Kier alpha value is -0.0800. The molecule has 19 heavy (non-hydrogen) atoms. The molecule has 0 saturated heterocycles. The van der Waals surface area contributed by atoms with Crippen LogP contribution in [0.2, 0.25) is 0 Å². The summed E-state index contributed by atoms with van der Waals surface area (Å²) in [7, 11) is -4.42. The number of rotatable bonds is 7. The molecule has 3 atom stereocenters. The van der Waals surface area contributed by atoms with Gasteiger partial charge in [0.05, 0.1) is 16.6 Å². The summed E-state index contributed by atoms with van der Waals surface area (Å²) in [5.74, 6) is 0.124. The van der Waals surface area contributed by atoms with E-state index in [9.17, 15) is 12.6 Å². The van der Waals surface area contributed by atoms with E-state index < -0.39 is 25.3 Å². The molecule has 0 aromatic heterocycles. The van der Waals surface area contributed by atoms with Crippen molar-refractivity contribution < 1.29 is 12.6 Å². The fourth-order valence-corrected chi connectivity index (χ4v) is 6.79. The van der Waals surface area contributed by atoms with Gasteiger partial charge in [0, 0.05) is 5.25 Å². The highest BCUT2D eigenvalue weighted by molar-refractivity contribution is 8.37. The highest BCUT2D eigenvalue weighted by Crippen LogP contribution is 2.27. The summed E-state index contributed by atoms with van der Waals surface area (Å²) in [5, 5.41) is 4.03. The number of nitrogens with zero attached hydrogens (tertiary/aromatic N) is 1. The number of hydrogen-bond acceptors (Lipinski definition) is 6. The SMILES string of the molecule is CCCC(CC)S(=O)C1=NNC(S(=O)(=O)CCC)S1. The van der Waals surface area contributed by atoms with Gasteiger partial charge < -0.3 is 0 Å².